The second-order valence-corrected chi connectivity index (χ2v) is 12.4. The molecular formula is C33H30F8N6O4. The summed E-state index contributed by atoms with van der Waals surface area (Å²) in [4.78, 5) is 34.4. The van der Waals surface area contributed by atoms with E-state index in [4.69, 9.17) is 4.74 Å². The van der Waals surface area contributed by atoms with Crippen LogP contribution in [0.25, 0.3) is 11.3 Å². The lowest BCUT2D eigenvalue weighted by atomic mass is 9.72. The first-order valence-electron chi connectivity index (χ1n) is 15.8. The standard InChI is InChI=1S/C33H30F8N6O4/c1-46-31(9-3-10-31)28(48)25(30(50)47(46)14-17-5-8-23(27(35)26(17)34)51-15-19-4-2-11-42-19)29(49)45-21-7-6-18(32(36,37)38)12-20(21)22-13-24(33(39,40)41)44-16-43-22/h5-8,12-13,16,19,42,48H,2-4,9-11,14-15H2,1H3,(H,45,49). The van der Waals surface area contributed by atoms with E-state index in [1.165, 1.54) is 24.2 Å². The third-order valence-electron chi connectivity index (χ3n) is 9.39. The lowest BCUT2D eigenvalue weighted by Crippen LogP contribution is -2.65. The Bertz CT molecular complexity index is 1890. The van der Waals surface area contributed by atoms with Gasteiger partial charge in [-0.2, -0.15) is 30.7 Å². The van der Waals surface area contributed by atoms with E-state index in [1.807, 2.05) is 0 Å². The predicted octanol–water partition coefficient (Wildman–Crippen LogP) is 6.15. The number of rotatable bonds is 8. The van der Waals surface area contributed by atoms with Crippen molar-refractivity contribution < 1.29 is 54.6 Å². The van der Waals surface area contributed by atoms with Crippen molar-refractivity contribution >= 4 is 17.5 Å². The zero-order valence-electron chi connectivity index (χ0n) is 26.8. The fraction of sp³-hybridized carbons (Fsp3) is 0.394. The molecule has 1 atom stereocenters. The van der Waals surface area contributed by atoms with Crippen LogP contribution in [0.15, 0.2) is 54.1 Å². The van der Waals surface area contributed by atoms with Crippen LogP contribution in [-0.2, 0) is 28.5 Å². The van der Waals surface area contributed by atoms with Gasteiger partial charge >= 0.3 is 12.4 Å². The lowest BCUT2D eigenvalue weighted by molar-refractivity contribution is -0.172. The number of hydrogen-bond acceptors (Lipinski definition) is 8. The molecule has 3 heterocycles. The first kappa shape index (κ1) is 36.0. The number of hydrazine groups is 1. The molecule has 2 aliphatic heterocycles. The van der Waals surface area contributed by atoms with Gasteiger partial charge in [0.25, 0.3) is 11.8 Å². The Morgan fingerprint density at radius 3 is 2.41 bits per heavy atom. The van der Waals surface area contributed by atoms with Crippen molar-refractivity contribution in [1.82, 2.24) is 25.3 Å². The first-order chi connectivity index (χ1) is 24.0. The van der Waals surface area contributed by atoms with Crippen molar-refractivity contribution in [2.45, 2.75) is 62.6 Å². The summed E-state index contributed by atoms with van der Waals surface area (Å²) in [6, 6.07) is 4.59. The summed E-state index contributed by atoms with van der Waals surface area (Å²) in [5.41, 5.74) is -6.89. The lowest BCUT2D eigenvalue weighted by Gasteiger charge is -2.54. The van der Waals surface area contributed by atoms with Gasteiger partial charge in [-0.1, -0.05) is 6.07 Å². The van der Waals surface area contributed by atoms with E-state index >= 15 is 8.78 Å². The molecule has 2 aromatic carbocycles. The molecule has 18 heteroatoms. The summed E-state index contributed by atoms with van der Waals surface area (Å²) in [7, 11) is 1.42. The minimum atomic E-state index is -4.98. The van der Waals surface area contributed by atoms with Crippen molar-refractivity contribution in [3.05, 3.63) is 82.5 Å². The van der Waals surface area contributed by atoms with E-state index in [-0.39, 0.29) is 36.8 Å². The number of anilines is 1. The van der Waals surface area contributed by atoms with Gasteiger partial charge in [0.2, 0.25) is 5.82 Å². The Hall–Kier alpha value is -4.84. The van der Waals surface area contributed by atoms with Gasteiger partial charge in [-0.05, 0) is 69.0 Å². The smallest absolute Gasteiger partial charge is 0.433 e. The molecule has 1 aromatic heterocycles. The second kappa shape index (κ2) is 13.4. The number of aliphatic hydroxyl groups is 1. The Morgan fingerprint density at radius 1 is 1.04 bits per heavy atom. The molecule has 2 fully saturated rings. The molecule has 3 aromatic rings. The molecule has 10 nitrogen and oxygen atoms in total. The molecular weight excluding hydrogens is 696 g/mol. The highest BCUT2D eigenvalue weighted by molar-refractivity contribution is 6.24. The number of ether oxygens (including phenoxy) is 1. The number of carbonyl (C=O) groups is 2. The summed E-state index contributed by atoms with van der Waals surface area (Å²) in [5.74, 6) is -6.08. The Kier molecular flexibility index (Phi) is 9.43. The van der Waals surface area contributed by atoms with Crippen molar-refractivity contribution in [1.29, 1.82) is 0 Å². The minimum absolute atomic E-state index is 0.0218. The number of aromatic nitrogens is 2. The van der Waals surface area contributed by atoms with E-state index in [2.05, 4.69) is 20.6 Å². The summed E-state index contributed by atoms with van der Waals surface area (Å²) in [6.07, 6.45) is -6.68. The highest BCUT2D eigenvalue weighted by atomic mass is 19.4. The zero-order chi connectivity index (χ0) is 36.9. The molecule has 6 rings (SSSR count). The summed E-state index contributed by atoms with van der Waals surface area (Å²) >= 11 is 0. The van der Waals surface area contributed by atoms with Crippen molar-refractivity contribution in [3.63, 3.8) is 0 Å². The fourth-order valence-corrected chi connectivity index (χ4v) is 6.38. The van der Waals surface area contributed by atoms with Crippen LogP contribution in [-0.4, -0.2) is 68.7 Å². The highest BCUT2D eigenvalue weighted by Gasteiger charge is 2.55. The van der Waals surface area contributed by atoms with Crippen molar-refractivity contribution in [3.8, 4) is 17.0 Å². The zero-order valence-corrected chi connectivity index (χ0v) is 26.8. The normalized spacial score (nSPS) is 19.4. The fourth-order valence-electron chi connectivity index (χ4n) is 6.38. The second-order valence-electron chi connectivity index (χ2n) is 12.4. The minimum Gasteiger partial charge on any atom is -0.509 e. The Balaban J connectivity index is 1.32. The van der Waals surface area contributed by atoms with Gasteiger partial charge in [-0.15, -0.1) is 0 Å². The maximum atomic E-state index is 15.4. The van der Waals surface area contributed by atoms with E-state index in [0.29, 0.717) is 30.9 Å². The Morgan fingerprint density at radius 2 is 1.78 bits per heavy atom. The van der Waals surface area contributed by atoms with Crippen LogP contribution in [0.5, 0.6) is 5.75 Å². The van der Waals surface area contributed by atoms with Gasteiger partial charge in [0.05, 0.1) is 29.0 Å². The van der Waals surface area contributed by atoms with Gasteiger partial charge in [-0.25, -0.2) is 19.4 Å². The molecule has 3 aliphatic rings. The maximum absolute atomic E-state index is 15.4. The largest absolute Gasteiger partial charge is 0.509 e. The van der Waals surface area contributed by atoms with Crippen molar-refractivity contribution in [2.24, 2.45) is 0 Å². The monoisotopic (exact) mass is 726 g/mol. The maximum Gasteiger partial charge on any atom is 0.433 e. The van der Waals surface area contributed by atoms with Crippen LogP contribution >= 0.6 is 0 Å². The number of benzene rings is 2. The Labute approximate surface area is 285 Å². The number of aliphatic hydroxyl groups excluding tert-OH is 1. The molecule has 0 radical (unpaired) electrons. The molecule has 272 valence electrons. The van der Waals surface area contributed by atoms with Gasteiger partial charge in [-0.3, -0.25) is 14.6 Å². The number of amides is 2. The number of hydrogen-bond donors (Lipinski definition) is 3. The number of nitrogens with zero attached hydrogens (tertiary/aromatic N) is 4. The molecule has 0 bridgehead atoms. The average molecular weight is 727 g/mol. The van der Waals surface area contributed by atoms with E-state index in [9.17, 15) is 41.0 Å². The van der Waals surface area contributed by atoms with Crippen LogP contribution < -0.4 is 15.4 Å². The van der Waals surface area contributed by atoms with Crippen LogP contribution in [0.2, 0.25) is 0 Å². The van der Waals surface area contributed by atoms with Gasteiger partial charge in [0, 0.05) is 24.2 Å². The molecule has 1 unspecified atom stereocenters. The van der Waals surface area contributed by atoms with Crippen LogP contribution in [0.4, 0.5) is 40.8 Å². The van der Waals surface area contributed by atoms with Gasteiger partial charge in [0.15, 0.2) is 11.6 Å². The topological polar surface area (TPSA) is 120 Å². The molecule has 1 spiro atoms. The van der Waals surface area contributed by atoms with Gasteiger partial charge < -0.3 is 20.5 Å². The SMILES string of the molecule is CN1N(Cc2ccc(OCC3CCCN3)c(F)c2F)C(=O)C(C(=O)Nc2ccc(C(F)(F)F)cc2-c2cc(C(F)(F)F)ncn2)=C(O)C12CCC2. The molecule has 3 N–H and O–H groups in total. The van der Waals surface area contributed by atoms with Gasteiger partial charge in [0.1, 0.15) is 30.0 Å². The molecule has 51 heavy (non-hydrogen) atoms. The number of alkyl halides is 6. The summed E-state index contributed by atoms with van der Waals surface area (Å²) < 4.78 is 117. The van der Waals surface area contributed by atoms with Crippen molar-refractivity contribution in [2.75, 3.05) is 25.5 Å². The summed E-state index contributed by atoms with van der Waals surface area (Å²) in [6.45, 7) is 0.291. The number of likely N-dealkylation sites (N-methyl/N-ethyl adjacent to an activating group) is 1. The third-order valence-corrected chi connectivity index (χ3v) is 9.39. The molecule has 2 amide bonds. The first-order valence-corrected chi connectivity index (χ1v) is 15.8. The van der Waals surface area contributed by atoms with E-state index < -0.39 is 87.4 Å². The molecule has 1 saturated carbocycles. The number of nitrogens with one attached hydrogen (secondary N) is 2. The molecule has 1 aliphatic carbocycles. The number of halogens is 8. The third kappa shape index (κ3) is 6.81. The quantitative estimate of drug-likeness (QED) is 0.187. The highest BCUT2D eigenvalue weighted by Crippen LogP contribution is 2.47. The number of carbonyl (C=O) groups excluding carboxylic acids is 2. The van der Waals surface area contributed by atoms with Crippen LogP contribution in [0.3, 0.4) is 0 Å². The van der Waals surface area contributed by atoms with E-state index in [0.717, 1.165) is 30.5 Å². The van der Waals surface area contributed by atoms with Crippen LogP contribution in [0.1, 0.15) is 48.9 Å². The predicted molar refractivity (Wildman–Crippen MR) is 164 cm³/mol. The van der Waals surface area contributed by atoms with Crippen LogP contribution in [0, 0.1) is 11.6 Å². The average Bonchev–Trinajstić information content (AvgIpc) is 3.57. The summed E-state index contributed by atoms with van der Waals surface area (Å²) in [5, 5.41) is 19.0. The van der Waals surface area contributed by atoms with E-state index in [1.54, 1.807) is 0 Å². The molecule has 1 saturated heterocycles.